The predicted molar refractivity (Wildman–Crippen MR) is 23.6 cm³/mol. The van der Waals surface area contributed by atoms with Gasteiger partial charge < -0.3 is 0 Å². The molecule has 0 radical (unpaired) electrons. The van der Waals surface area contributed by atoms with Crippen molar-refractivity contribution in [3.8, 4) is 0 Å². The molecule has 0 rings (SSSR count). The zero-order valence-corrected chi connectivity index (χ0v) is 4.20. The molecular weight excluding hydrogens is 120 g/mol. The van der Waals surface area contributed by atoms with Crippen LogP contribution in [0.15, 0.2) is 0 Å². The second-order valence-electron chi connectivity index (χ2n) is 0.791. The number of hydrogen-bond acceptors (Lipinski definition) is 4. The maximum Gasteiger partial charge on any atom is 0.288 e. The zero-order valence-electron chi connectivity index (χ0n) is 3.38. The van der Waals surface area contributed by atoms with Crippen molar-refractivity contribution in [1.29, 1.82) is 0 Å². The molecule has 0 aromatic rings. The topological polar surface area (TPSA) is 110 Å². The highest BCUT2D eigenvalue weighted by Crippen LogP contribution is 1.52. The van der Waals surface area contributed by atoms with E-state index in [0.29, 0.717) is 0 Å². The Morgan fingerprint density at radius 1 is 1.43 bits per heavy atom. The Hall–Kier alpha value is -0.210. The molecule has 0 amide bonds. The Morgan fingerprint density at radius 2 is 1.86 bits per heavy atom. The van der Waals surface area contributed by atoms with Crippen LogP contribution in [0.3, 0.4) is 0 Å². The van der Waals surface area contributed by atoms with E-state index in [4.69, 9.17) is 0 Å². The number of hydrazine groups is 2. The highest BCUT2D eigenvalue weighted by molar-refractivity contribution is 7.87. The van der Waals surface area contributed by atoms with E-state index in [2.05, 4.69) is 11.0 Å². The summed E-state index contributed by atoms with van der Waals surface area (Å²) in [6, 6.07) is 0. The van der Waals surface area contributed by atoms with Crippen LogP contribution in [0.1, 0.15) is 0 Å². The van der Waals surface area contributed by atoms with Crippen LogP contribution < -0.4 is 21.3 Å². The lowest BCUT2D eigenvalue weighted by Crippen LogP contribution is -2.45. The van der Waals surface area contributed by atoms with Crippen molar-refractivity contribution in [3.63, 3.8) is 0 Å². The van der Waals surface area contributed by atoms with Gasteiger partial charge in [0.15, 0.2) is 0 Å². The van der Waals surface area contributed by atoms with Crippen LogP contribution in [0.4, 0.5) is 0 Å². The molecule has 6 nitrogen and oxygen atoms in total. The van der Waals surface area contributed by atoms with E-state index in [0.717, 1.165) is 0 Å². The van der Waals surface area contributed by atoms with Gasteiger partial charge >= 0.3 is 0 Å². The Bertz CT molecular complexity index is 123. The van der Waals surface area contributed by atoms with Gasteiger partial charge in [-0.25, -0.2) is 5.14 Å². The molecule has 0 aliphatic heterocycles. The standard InChI is InChI=1S/H6N4O2S/c1-3-4-7(2,5)6/h3-4H,1H2,(H2,2,5,6). The molecule has 0 aromatic carbocycles. The fourth-order valence-electron chi connectivity index (χ4n) is 0.0821. The summed E-state index contributed by atoms with van der Waals surface area (Å²) < 4.78 is 19.5. The SMILES string of the molecule is NNNS(N)(=O)=O. The molecule has 0 atom stereocenters. The van der Waals surface area contributed by atoms with Gasteiger partial charge in [0.1, 0.15) is 0 Å². The minimum Gasteiger partial charge on any atom is -0.257 e. The summed E-state index contributed by atoms with van der Waals surface area (Å²) in [5, 5.41) is 4.36. The highest BCUT2D eigenvalue weighted by atomic mass is 32.2. The predicted octanol–water partition coefficient (Wildman–Crippen LogP) is -2.84. The molecule has 0 bridgehead atoms. The third kappa shape index (κ3) is 5.79. The Balaban J connectivity index is 3.60. The molecule has 0 aromatic heterocycles. The first-order valence-corrected chi connectivity index (χ1v) is 2.86. The van der Waals surface area contributed by atoms with Gasteiger partial charge in [-0.05, 0) is 0 Å². The molecular formula is H6N4O2S. The van der Waals surface area contributed by atoms with Crippen LogP contribution in [0, 0.1) is 0 Å². The molecule has 0 spiro atoms. The average Bonchev–Trinajstić information content (AvgIpc) is 1.30. The van der Waals surface area contributed by atoms with E-state index >= 15 is 0 Å². The van der Waals surface area contributed by atoms with Gasteiger partial charge in [-0.3, -0.25) is 5.84 Å². The van der Waals surface area contributed by atoms with E-state index in [9.17, 15) is 8.42 Å². The summed E-state index contributed by atoms with van der Waals surface area (Å²) in [5.41, 5.74) is 1.64. The summed E-state index contributed by atoms with van der Waals surface area (Å²) in [5.74, 6) is 4.49. The van der Waals surface area contributed by atoms with Crippen LogP contribution in [0.5, 0.6) is 0 Å². The second kappa shape index (κ2) is 2.19. The van der Waals surface area contributed by atoms with Crippen molar-refractivity contribution >= 4 is 10.2 Å². The van der Waals surface area contributed by atoms with E-state index in [-0.39, 0.29) is 0 Å². The van der Waals surface area contributed by atoms with Crippen LogP contribution in [0.25, 0.3) is 0 Å². The van der Waals surface area contributed by atoms with E-state index in [1.54, 1.807) is 10.4 Å². The van der Waals surface area contributed by atoms with Gasteiger partial charge in [0.25, 0.3) is 10.2 Å². The monoisotopic (exact) mass is 126 g/mol. The molecule has 0 saturated carbocycles. The lowest BCUT2D eigenvalue weighted by atomic mass is 12.6. The molecule has 0 unspecified atom stereocenters. The summed E-state index contributed by atoms with van der Waals surface area (Å²) in [4.78, 5) is 1.56. The van der Waals surface area contributed by atoms with E-state index < -0.39 is 10.2 Å². The lowest BCUT2D eigenvalue weighted by molar-refractivity contribution is 0.563. The molecule has 44 valence electrons. The van der Waals surface area contributed by atoms with Crippen molar-refractivity contribution in [2.45, 2.75) is 0 Å². The lowest BCUT2D eigenvalue weighted by Gasteiger charge is -1.93. The van der Waals surface area contributed by atoms with Gasteiger partial charge in [0.2, 0.25) is 0 Å². The molecule has 6 N–H and O–H groups in total. The van der Waals surface area contributed by atoms with Crippen LogP contribution in [-0.4, -0.2) is 8.42 Å². The maximum absolute atomic E-state index is 9.76. The van der Waals surface area contributed by atoms with Gasteiger partial charge in [-0.1, -0.05) is 0 Å². The van der Waals surface area contributed by atoms with E-state index in [1.165, 1.54) is 0 Å². The molecule has 7 heavy (non-hydrogen) atoms. The van der Waals surface area contributed by atoms with Crippen molar-refractivity contribution in [2.24, 2.45) is 11.0 Å². The molecule has 0 fully saturated rings. The van der Waals surface area contributed by atoms with Crippen molar-refractivity contribution in [1.82, 2.24) is 10.4 Å². The molecule has 0 saturated heterocycles. The first-order valence-electron chi connectivity index (χ1n) is 1.31. The number of nitrogens with two attached hydrogens (primary N) is 2. The summed E-state index contributed by atoms with van der Waals surface area (Å²) in [7, 11) is -3.66. The minimum absolute atomic E-state index is 1.56. The van der Waals surface area contributed by atoms with Gasteiger partial charge in [-0.15, -0.1) is 4.83 Å². The molecule has 7 heteroatoms. The quantitative estimate of drug-likeness (QED) is 0.236. The van der Waals surface area contributed by atoms with Gasteiger partial charge in [0.05, 0.1) is 0 Å². The molecule has 0 aliphatic carbocycles. The normalized spacial score (nSPS) is 11.7. The zero-order chi connectivity index (χ0) is 5.91. The Morgan fingerprint density at radius 3 is 1.86 bits per heavy atom. The largest absolute Gasteiger partial charge is 0.288 e. The van der Waals surface area contributed by atoms with Crippen LogP contribution in [-0.2, 0) is 10.2 Å². The van der Waals surface area contributed by atoms with Crippen molar-refractivity contribution in [3.05, 3.63) is 0 Å². The summed E-state index contributed by atoms with van der Waals surface area (Å²) >= 11 is 0. The van der Waals surface area contributed by atoms with E-state index in [1.807, 2.05) is 0 Å². The number of hydrogen-bond donors (Lipinski definition) is 4. The molecule has 0 aliphatic rings. The number of rotatable bonds is 2. The van der Waals surface area contributed by atoms with Crippen LogP contribution in [0.2, 0.25) is 0 Å². The highest BCUT2D eigenvalue weighted by Gasteiger charge is 1.93. The average molecular weight is 126 g/mol. The maximum atomic E-state index is 9.76. The third-order valence-electron chi connectivity index (χ3n) is 0.201. The summed E-state index contributed by atoms with van der Waals surface area (Å²) in [6.45, 7) is 0. The van der Waals surface area contributed by atoms with Gasteiger partial charge in [0, 0.05) is 0 Å². The van der Waals surface area contributed by atoms with Crippen LogP contribution >= 0.6 is 0 Å². The fraction of sp³-hybridized carbons (Fsp3) is 0. The minimum atomic E-state index is -3.66. The fourth-order valence-corrected chi connectivity index (χ4v) is 0.246. The smallest absolute Gasteiger partial charge is 0.257 e. The second-order valence-corrected chi connectivity index (χ2v) is 2.09. The summed E-state index contributed by atoms with van der Waals surface area (Å²) in [6.07, 6.45) is 0. The Labute approximate surface area is 41.0 Å². The van der Waals surface area contributed by atoms with Crippen molar-refractivity contribution in [2.75, 3.05) is 0 Å². The third-order valence-corrected chi connectivity index (χ3v) is 0.604. The first-order chi connectivity index (χ1) is 3.06. The number of nitrogens with one attached hydrogen (secondary N) is 2. The van der Waals surface area contributed by atoms with Gasteiger partial charge in [-0.2, -0.15) is 14.0 Å². The first kappa shape index (κ1) is 6.79. The molecule has 0 heterocycles. The van der Waals surface area contributed by atoms with Crippen molar-refractivity contribution < 1.29 is 8.42 Å². The Kier molecular flexibility index (Phi) is 2.12.